The summed E-state index contributed by atoms with van der Waals surface area (Å²) in [6, 6.07) is 0. The summed E-state index contributed by atoms with van der Waals surface area (Å²) in [5.74, 6) is -0.679. The molecule has 6 heteroatoms. The molecule has 0 radical (unpaired) electrons. The summed E-state index contributed by atoms with van der Waals surface area (Å²) in [4.78, 5) is 10.7. The lowest BCUT2D eigenvalue weighted by atomic mass is 9.90. The Bertz CT molecular complexity index is 287. The van der Waals surface area contributed by atoms with Crippen LogP contribution in [0.15, 0.2) is 0 Å². The van der Waals surface area contributed by atoms with Gasteiger partial charge in [0, 0.05) is 6.92 Å². The number of phosphoric acid groups is 1. The molecule has 1 rings (SSSR count). The molecule has 0 aromatic carbocycles. The van der Waals surface area contributed by atoms with Gasteiger partial charge < -0.3 is 4.52 Å². The highest BCUT2D eigenvalue weighted by molar-refractivity contribution is 7.49. The second kappa shape index (κ2) is 3.05. The summed E-state index contributed by atoms with van der Waals surface area (Å²) in [6.07, 6.45) is 0. The van der Waals surface area contributed by atoms with Crippen molar-refractivity contribution in [1.82, 2.24) is 0 Å². The summed E-state index contributed by atoms with van der Waals surface area (Å²) in [5.41, 5.74) is -1.50. The first-order valence-corrected chi connectivity index (χ1v) is 5.76. The van der Waals surface area contributed by atoms with Crippen molar-refractivity contribution in [2.24, 2.45) is 0 Å². The standard InChI is InChI=1S/C8H15O5P/c1-6(9)11-14(10)12-7(2,3)8(4,5)13-14/h1-5H3. The van der Waals surface area contributed by atoms with E-state index in [9.17, 15) is 9.36 Å². The smallest absolute Gasteiger partial charge is 0.371 e. The maximum absolute atomic E-state index is 11.8. The first-order chi connectivity index (χ1) is 6.08. The predicted octanol–water partition coefficient (Wildman–Crippen LogP) is 2.26. The van der Waals surface area contributed by atoms with E-state index in [1.54, 1.807) is 27.7 Å². The van der Waals surface area contributed by atoms with Gasteiger partial charge in [0.05, 0.1) is 0 Å². The van der Waals surface area contributed by atoms with E-state index < -0.39 is 25.0 Å². The van der Waals surface area contributed by atoms with E-state index in [1.807, 2.05) is 0 Å². The van der Waals surface area contributed by atoms with Gasteiger partial charge in [-0.3, -0.25) is 13.8 Å². The number of rotatable bonds is 1. The molecular weight excluding hydrogens is 207 g/mol. The molecule has 0 bridgehead atoms. The third kappa shape index (κ3) is 2.00. The average molecular weight is 222 g/mol. The maximum atomic E-state index is 11.8. The van der Waals surface area contributed by atoms with Crippen LogP contribution in [0.3, 0.4) is 0 Å². The Kier molecular flexibility index (Phi) is 2.55. The lowest BCUT2D eigenvalue weighted by Gasteiger charge is -2.28. The third-order valence-corrected chi connectivity index (χ3v) is 4.21. The molecule has 0 unspecified atom stereocenters. The quantitative estimate of drug-likeness (QED) is 0.637. The van der Waals surface area contributed by atoms with E-state index in [2.05, 4.69) is 4.52 Å². The first-order valence-electron chi connectivity index (χ1n) is 4.30. The van der Waals surface area contributed by atoms with Crippen LogP contribution in [0.5, 0.6) is 0 Å². The van der Waals surface area contributed by atoms with Crippen LogP contribution in [-0.2, 0) is 22.9 Å². The molecule has 1 heterocycles. The van der Waals surface area contributed by atoms with Crippen LogP contribution in [-0.4, -0.2) is 17.2 Å². The van der Waals surface area contributed by atoms with Crippen LogP contribution >= 0.6 is 7.82 Å². The summed E-state index contributed by atoms with van der Waals surface area (Å²) in [5, 5.41) is 0. The summed E-state index contributed by atoms with van der Waals surface area (Å²) in [7, 11) is -3.72. The molecule has 1 aliphatic heterocycles. The minimum atomic E-state index is -3.72. The van der Waals surface area contributed by atoms with Gasteiger partial charge in [-0.05, 0) is 27.7 Å². The Morgan fingerprint density at radius 1 is 1.14 bits per heavy atom. The molecule has 5 nitrogen and oxygen atoms in total. The van der Waals surface area contributed by atoms with Gasteiger partial charge in [-0.25, -0.2) is 4.57 Å². The van der Waals surface area contributed by atoms with Crippen LogP contribution in [0.2, 0.25) is 0 Å². The van der Waals surface area contributed by atoms with Gasteiger partial charge in [-0.2, -0.15) is 0 Å². The summed E-state index contributed by atoms with van der Waals surface area (Å²) in [6.45, 7) is 8.09. The molecule has 0 amide bonds. The SMILES string of the molecule is CC(=O)OP1(=O)OC(C)(C)C(C)(C)O1. The number of phosphoric ester groups is 1. The minimum absolute atomic E-state index is 0.679. The Hall–Kier alpha value is -0.380. The number of hydrogen-bond donors (Lipinski definition) is 0. The average Bonchev–Trinajstić information content (AvgIpc) is 1.91. The molecule has 82 valence electrons. The van der Waals surface area contributed by atoms with Crippen molar-refractivity contribution in [3.63, 3.8) is 0 Å². The molecule has 14 heavy (non-hydrogen) atoms. The largest absolute Gasteiger partial charge is 0.533 e. The monoisotopic (exact) mass is 222 g/mol. The Morgan fingerprint density at radius 3 is 1.79 bits per heavy atom. The molecule has 1 fully saturated rings. The molecule has 0 aliphatic carbocycles. The summed E-state index contributed by atoms with van der Waals surface area (Å²) < 4.78 is 26.6. The van der Waals surface area contributed by atoms with Gasteiger partial charge in [0.2, 0.25) is 0 Å². The van der Waals surface area contributed by atoms with Gasteiger partial charge >= 0.3 is 13.8 Å². The van der Waals surface area contributed by atoms with Gasteiger partial charge in [-0.15, -0.1) is 0 Å². The fraction of sp³-hybridized carbons (Fsp3) is 0.875. The number of carbonyl (C=O) groups excluding carboxylic acids is 1. The Morgan fingerprint density at radius 2 is 1.50 bits per heavy atom. The molecule has 0 saturated carbocycles. The molecule has 0 aromatic rings. The molecule has 0 spiro atoms. The topological polar surface area (TPSA) is 61.8 Å². The summed E-state index contributed by atoms with van der Waals surface area (Å²) >= 11 is 0. The van der Waals surface area contributed by atoms with E-state index >= 15 is 0 Å². The van der Waals surface area contributed by atoms with E-state index in [-0.39, 0.29) is 0 Å². The van der Waals surface area contributed by atoms with Crippen molar-refractivity contribution in [1.29, 1.82) is 0 Å². The Balaban J connectivity index is 2.91. The molecule has 0 atom stereocenters. The normalized spacial score (nSPS) is 27.2. The second-order valence-electron chi connectivity index (χ2n) is 4.23. The van der Waals surface area contributed by atoms with Gasteiger partial charge in [0.15, 0.2) is 0 Å². The fourth-order valence-corrected chi connectivity index (χ4v) is 2.98. The molecular formula is C8H15O5P. The van der Waals surface area contributed by atoms with E-state index in [1.165, 1.54) is 0 Å². The van der Waals surface area contributed by atoms with Crippen molar-refractivity contribution >= 4 is 13.8 Å². The number of hydrogen-bond acceptors (Lipinski definition) is 5. The molecule has 0 aromatic heterocycles. The van der Waals surface area contributed by atoms with Gasteiger partial charge in [0.1, 0.15) is 11.2 Å². The van der Waals surface area contributed by atoms with Crippen molar-refractivity contribution < 1.29 is 22.9 Å². The van der Waals surface area contributed by atoms with Crippen molar-refractivity contribution in [3.8, 4) is 0 Å². The van der Waals surface area contributed by atoms with Crippen molar-refractivity contribution in [3.05, 3.63) is 0 Å². The highest BCUT2D eigenvalue weighted by Crippen LogP contribution is 2.64. The zero-order valence-electron chi connectivity index (χ0n) is 8.99. The van der Waals surface area contributed by atoms with Crippen LogP contribution < -0.4 is 0 Å². The highest BCUT2D eigenvalue weighted by atomic mass is 31.2. The second-order valence-corrected chi connectivity index (χ2v) is 5.68. The van der Waals surface area contributed by atoms with Crippen LogP contribution in [0.1, 0.15) is 34.6 Å². The van der Waals surface area contributed by atoms with Crippen LogP contribution in [0.4, 0.5) is 0 Å². The highest BCUT2D eigenvalue weighted by Gasteiger charge is 2.58. The van der Waals surface area contributed by atoms with Gasteiger partial charge in [0.25, 0.3) is 0 Å². The molecule has 1 saturated heterocycles. The Labute approximate surface area is 83.3 Å². The predicted molar refractivity (Wildman–Crippen MR) is 49.7 cm³/mol. The van der Waals surface area contributed by atoms with E-state index in [0.717, 1.165) is 6.92 Å². The van der Waals surface area contributed by atoms with Gasteiger partial charge in [-0.1, -0.05) is 0 Å². The zero-order valence-corrected chi connectivity index (χ0v) is 9.88. The third-order valence-electron chi connectivity index (χ3n) is 2.37. The first kappa shape index (κ1) is 11.7. The lowest BCUT2D eigenvalue weighted by Crippen LogP contribution is -2.41. The zero-order chi connectivity index (χ0) is 11.2. The van der Waals surface area contributed by atoms with Crippen molar-refractivity contribution in [2.75, 3.05) is 0 Å². The number of carbonyl (C=O) groups is 1. The van der Waals surface area contributed by atoms with Crippen molar-refractivity contribution in [2.45, 2.75) is 45.8 Å². The minimum Gasteiger partial charge on any atom is -0.371 e. The molecule has 1 aliphatic rings. The lowest BCUT2D eigenvalue weighted by molar-refractivity contribution is -0.133. The molecule has 0 N–H and O–H groups in total. The fourth-order valence-electron chi connectivity index (χ4n) is 0.992. The van der Waals surface area contributed by atoms with E-state index in [4.69, 9.17) is 9.05 Å². The maximum Gasteiger partial charge on any atom is 0.533 e. The van der Waals surface area contributed by atoms with E-state index in [0.29, 0.717) is 0 Å². The van der Waals surface area contributed by atoms with Crippen LogP contribution in [0.25, 0.3) is 0 Å². The van der Waals surface area contributed by atoms with Crippen LogP contribution in [0, 0.1) is 0 Å².